The molecule has 4 rings (SSSR count). The van der Waals surface area contributed by atoms with E-state index in [0.717, 1.165) is 24.9 Å². The van der Waals surface area contributed by atoms with Gasteiger partial charge < -0.3 is 15.1 Å². The predicted molar refractivity (Wildman–Crippen MR) is 107 cm³/mol. The quantitative estimate of drug-likeness (QED) is 0.611. The smallest absolute Gasteiger partial charge is 0.475 e. The minimum absolute atomic E-state index is 0.744. The van der Waals surface area contributed by atoms with E-state index in [-0.39, 0.29) is 0 Å². The molecule has 2 fully saturated rings. The van der Waals surface area contributed by atoms with Crippen LogP contribution < -0.4 is 0 Å². The third-order valence-corrected chi connectivity index (χ3v) is 5.55. The number of hydrogen-bond donors (Lipinski definition) is 2. The zero-order valence-electron chi connectivity index (χ0n) is 18.4. The van der Waals surface area contributed by atoms with E-state index in [0.29, 0.717) is 0 Å². The van der Waals surface area contributed by atoms with Crippen LogP contribution in [0.2, 0.25) is 0 Å². The van der Waals surface area contributed by atoms with Crippen LogP contribution in [-0.2, 0) is 22.7 Å². The molecule has 0 aromatic carbocycles. The van der Waals surface area contributed by atoms with Crippen molar-refractivity contribution in [3.05, 3.63) is 18.0 Å². The lowest BCUT2D eigenvalue weighted by Crippen LogP contribution is -2.36. The van der Waals surface area contributed by atoms with Crippen LogP contribution in [-0.4, -0.2) is 86.8 Å². The zero-order chi connectivity index (χ0) is 25.5. The monoisotopic (exact) mass is 502 g/mol. The van der Waals surface area contributed by atoms with Gasteiger partial charge in [0.2, 0.25) is 0 Å². The van der Waals surface area contributed by atoms with Crippen molar-refractivity contribution in [1.29, 1.82) is 0 Å². The van der Waals surface area contributed by atoms with Crippen LogP contribution in [0.15, 0.2) is 12.3 Å². The third-order valence-electron chi connectivity index (χ3n) is 5.55. The van der Waals surface area contributed by atoms with Gasteiger partial charge in [-0.2, -0.15) is 31.4 Å². The summed E-state index contributed by atoms with van der Waals surface area (Å²) in [4.78, 5) is 23.1. The average molecular weight is 502 g/mol. The minimum Gasteiger partial charge on any atom is -0.475 e. The second-order valence-corrected chi connectivity index (χ2v) is 8.62. The van der Waals surface area contributed by atoms with Gasteiger partial charge in [-0.1, -0.05) is 0 Å². The van der Waals surface area contributed by atoms with E-state index in [1.165, 1.54) is 64.1 Å². The molecule has 0 radical (unpaired) electrons. The van der Waals surface area contributed by atoms with Crippen LogP contribution in [0.4, 0.5) is 26.3 Å². The molecule has 0 spiro atoms. The fraction of sp³-hybridized carbons (Fsp3) is 0.750. The molecule has 1 aromatic rings. The first-order chi connectivity index (χ1) is 15.8. The Balaban J connectivity index is 0.000000244. The first-order valence-corrected chi connectivity index (χ1v) is 10.8. The van der Waals surface area contributed by atoms with Crippen molar-refractivity contribution in [3.63, 3.8) is 0 Å². The molecule has 3 heterocycles. The zero-order valence-corrected chi connectivity index (χ0v) is 18.4. The summed E-state index contributed by atoms with van der Waals surface area (Å²) in [7, 11) is 0. The maximum atomic E-state index is 10.6. The van der Waals surface area contributed by atoms with Gasteiger partial charge in [0.25, 0.3) is 0 Å². The Kier molecular flexibility index (Phi) is 9.74. The molecule has 3 aliphatic rings. The Morgan fingerprint density at radius 2 is 1.38 bits per heavy atom. The number of likely N-dealkylation sites (tertiary alicyclic amines) is 1. The highest BCUT2D eigenvalue weighted by atomic mass is 19.4. The van der Waals surface area contributed by atoms with Crippen molar-refractivity contribution in [2.75, 3.05) is 32.7 Å². The molecule has 8 nitrogen and oxygen atoms in total. The lowest BCUT2D eigenvalue weighted by molar-refractivity contribution is -0.193. The number of alkyl halides is 6. The van der Waals surface area contributed by atoms with E-state index in [1.54, 1.807) is 0 Å². The van der Waals surface area contributed by atoms with E-state index in [9.17, 15) is 26.3 Å². The second kappa shape index (κ2) is 11.9. The van der Waals surface area contributed by atoms with Gasteiger partial charge >= 0.3 is 24.3 Å². The van der Waals surface area contributed by atoms with Crippen LogP contribution in [0.5, 0.6) is 0 Å². The van der Waals surface area contributed by atoms with Gasteiger partial charge in [0, 0.05) is 44.8 Å². The van der Waals surface area contributed by atoms with Crippen LogP contribution in [0.3, 0.4) is 0 Å². The number of halogens is 6. The lowest BCUT2D eigenvalue weighted by Gasteiger charge is -2.27. The number of hydrogen-bond acceptors (Lipinski definition) is 5. The van der Waals surface area contributed by atoms with E-state index < -0.39 is 24.3 Å². The summed E-state index contributed by atoms with van der Waals surface area (Å²) in [5.41, 5.74) is 1.41. The summed E-state index contributed by atoms with van der Waals surface area (Å²) < 4.78 is 65.7. The molecule has 2 N–H and O–H groups in total. The molecule has 194 valence electrons. The maximum Gasteiger partial charge on any atom is 0.490 e. The van der Waals surface area contributed by atoms with Crippen molar-refractivity contribution in [2.45, 2.75) is 51.1 Å². The summed E-state index contributed by atoms with van der Waals surface area (Å²) in [5, 5.41) is 18.8. The number of carboxylic acid groups (broad SMARTS) is 2. The molecule has 34 heavy (non-hydrogen) atoms. The maximum absolute atomic E-state index is 10.6. The van der Waals surface area contributed by atoms with E-state index in [4.69, 9.17) is 19.8 Å². The van der Waals surface area contributed by atoms with Crippen molar-refractivity contribution < 1.29 is 46.1 Å². The minimum atomic E-state index is -5.08. The van der Waals surface area contributed by atoms with Crippen molar-refractivity contribution in [2.24, 2.45) is 11.8 Å². The summed E-state index contributed by atoms with van der Waals surface area (Å²) in [6.07, 6.45) is -2.50. The average Bonchev–Trinajstić information content (AvgIpc) is 3.23. The van der Waals surface area contributed by atoms with Crippen LogP contribution in [0.1, 0.15) is 31.4 Å². The molecular weight excluding hydrogens is 474 g/mol. The Labute approximate surface area is 192 Å². The number of carbonyl (C=O) groups is 2. The van der Waals surface area contributed by atoms with E-state index in [1.807, 2.05) is 6.20 Å². The Hall–Kier alpha value is -2.35. The highest BCUT2D eigenvalue weighted by molar-refractivity contribution is 5.73. The predicted octanol–water partition coefficient (Wildman–Crippen LogP) is 3.09. The molecule has 0 bridgehead atoms. The molecule has 0 amide bonds. The molecule has 1 saturated heterocycles. The largest absolute Gasteiger partial charge is 0.490 e. The molecule has 1 aromatic heterocycles. The number of aliphatic carboxylic acids is 2. The molecule has 1 aliphatic carbocycles. The summed E-state index contributed by atoms with van der Waals surface area (Å²) in [5.74, 6) is -3.79. The van der Waals surface area contributed by atoms with Crippen LogP contribution in [0.25, 0.3) is 0 Å². The molecule has 1 unspecified atom stereocenters. The summed E-state index contributed by atoms with van der Waals surface area (Å²) >= 11 is 0. The topological polar surface area (TPSA) is 98.9 Å². The van der Waals surface area contributed by atoms with Gasteiger partial charge in [-0.15, -0.1) is 0 Å². The Morgan fingerprint density at radius 3 is 1.85 bits per heavy atom. The van der Waals surface area contributed by atoms with Gasteiger partial charge in [-0.25, -0.2) is 9.59 Å². The summed E-state index contributed by atoms with van der Waals surface area (Å²) in [6, 6.07) is 2.21. The number of rotatable bonds is 4. The highest BCUT2D eigenvalue weighted by Crippen LogP contribution is 2.31. The van der Waals surface area contributed by atoms with Gasteiger partial charge in [-0.3, -0.25) is 9.58 Å². The highest BCUT2D eigenvalue weighted by Gasteiger charge is 2.39. The summed E-state index contributed by atoms with van der Waals surface area (Å²) in [6.45, 7) is 8.67. The van der Waals surface area contributed by atoms with Gasteiger partial charge in [0.05, 0.1) is 5.69 Å². The lowest BCUT2D eigenvalue weighted by atomic mass is 10.1. The second-order valence-electron chi connectivity index (χ2n) is 8.62. The van der Waals surface area contributed by atoms with Gasteiger partial charge in [0.15, 0.2) is 0 Å². The molecular formula is C20H28F6N4O4. The number of aromatic nitrogens is 2. The van der Waals surface area contributed by atoms with Gasteiger partial charge in [0.1, 0.15) is 0 Å². The molecule has 1 saturated carbocycles. The first kappa shape index (κ1) is 27.9. The standard InChI is InChI=1S/C16H26N4.2C2HF3O2/c1-2-8-18(7-1)10-15-11-19(9-14-3-4-14)13-16-5-6-17-20(16)12-15;2*3-2(4,5)1(6)7/h5-6,14-15H,1-4,7-13H2;2*(H,6,7). The van der Waals surface area contributed by atoms with E-state index >= 15 is 0 Å². The van der Waals surface area contributed by atoms with Crippen molar-refractivity contribution >= 4 is 11.9 Å². The number of fused-ring (bicyclic) bond motifs is 1. The molecule has 1 atom stereocenters. The fourth-order valence-electron chi connectivity index (χ4n) is 3.87. The Morgan fingerprint density at radius 1 is 0.882 bits per heavy atom. The van der Waals surface area contributed by atoms with E-state index in [2.05, 4.69) is 25.6 Å². The SMILES string of the molecule is O=C(O)C(F)(F)F.O=C(O)C(F)(F)F.c1cc2n(n1)CC(CN1CCCC1)CN(CC1CC1)C2. The molecule has 14 heteroatoms. The Bertz CT molecular complexity index is 780. The normalized spacial score (nSPS) is 21.4. The number of nitrogens with zero attached hydrogens (tertiary/aromatic N) is 4. The van der Waals surface area contributed by atoms with Crippen molar-refractivity contribution in [1.82, 2.24) is 19.6 Å². The number of carboxylic acids is 2. The fourth-order valence-corrected chi connectivity index (χ4v) is 3.87. The first-order valence-electron chi connectivity index (χ1n) is 10.8. The van der Waals surface area contributed by atoms with Crippen molar-refractivity contribution in [3.8, 4) is 0 Å². The third kappa shape index (κ3) is 9.87. The van der Waals surface area contributed by atoms with Gasteiger partial charge in [-0.05, 0) is 50.8 Å². The van der Waals surface area contributed by atoms with Crippen LogP contribution >= 0.6 is 0 Å². The van der Waals surface area contributed by atoms with Crippen LogP contribution in [0, 0.1) is 11.8 Å². The molecule has 2 aliphatic heterocycles.